The SMILES string of the molecule is CC(O)C(NC(=O)OCC1c2ccccc2-c2ccccc21)C(=O)O.CCCCCCCC[C@H](CC)C(=O)O.O=C(O)CCCCCCCCCCOc1ccccc1.O=C(O)c1cc(F)cc(C(F)(F)F)c1.O=C(O)c1ccc([N+](=O)[O-])cc1Br. The molecule has 0 aliphatic heterocycles. The molecule has 6 rings (SSSR count). The highest BCUT2D eigenvalue weighted by Crippen LogP contribution is 2.44. The second-order valence-electron chi connectivity index (χ2n) is 19.9. The van der Waals surface area contributed by atoms with Crippen LogP contribution in [0.4, 0.5) is 28.0 Å². The number of nitro benzene ring substituents is 1. The number of carbonyl (C=O) groups excluding carboxylic acids is 1. The number of non-ortho nitro benzene ring substituents is 1. The molecule has 0 spiro atoms. The summed E-state index contributed by atoms with van der Waals surface area (Å²) in [4.78, 5) is 74.5. The Bertz CT molecular complexity index is 2860. The summed E-state index contributed by atoms with van der Waals surface area (Å²) in [5, 5.41) is 65.2. The Labute approximate surface area is 505 Å². The maximum absolute atomic E-state index is 12.6. The number of ether oxygens (including phenoxy) is 2. The van der Waals surface area contributed by atoms with Crippen LogP contribution in [0.3, 0.4) is 0 Å². The van der Waals surface area contributed by atoms with Gasteiger partial charge in [0.1, 0.15) is 18.2 Å². The number of aliphatic carboxylic acids is 3. The number of rotatable bonds is 29. The van der Waals surface area contributed by atoms with E-state index in [2.05, 4.69) is 28.2 Å². The van der Waals surface area contributed by atoms with Crippen LogP contribution in [0, 0.1) is 21.8 Å². The van der Waals surface area contributed by atoms with E-state index in [0.29, 0.717) is 18.6 Å². The molecule has 86 heavy (non-hydrogen) atoms. The third-order valence-electron chi connectivity index (χ3n) is 13.3. The number of para-hydroxylation sites is 1. The Morgan fingerprint density at radius 1 is 0.674 bits per heavy atom. The molecule has 1 aliphatic carbocycles. The van der Waals surface area contributed by atoms with E-state index in [1.165, 1.54) is 70.8 Å². The third kappa shape index (κ3) is 28.8. The number of benzene rings is 5. The number of aromatic carboxylic acids is 2. The highest BCUT2D eigenvalue weighted by molar-refractivity contribution is 9.10. The third-order valence-corrected chi connectivity index (χ3v) is 13.9. The molecule has 0 aromatic heterocycles. The van der Waals surface area contributed by atoms with Crippen LogP contribution in [0.15, 0.2) is 120 Å². The predicted octanol–water partition coefficient (Wildman–Crippen LogP) is 15.5. The number of fused-ring (bicyclic) bond motifs is 3. The maximum Gasteiger partial charge on any atom is 0.416 e. The fourth-order valence-corrected chi connectivity index (χ4v) is 9.18. The molecule has 23 heteroatoms. The summed E-state index contributed by atoms with van der Waals surface area (Å²) in [5.41, 5.74) is 2.19. The fourth-order valence-electron chi connectivity index (χ4n) is 8.64. The summed E-state index contributed by atoms with van der Waals surface area (Å²) in [5.74, 6) is -5.83. The minimum atomic E-state index is -4.74. The van der Waals surface area contributed by atoms with Gasteiger partial charge in [-0.25, -0.2) is 23.6 Å². The van der Waals surface area contributed by atoms with Gasteiger partial charge in [-0.05, 0) is 107 Å². The van der Waals surface area contributed by atoms with Gasteiger partial charge in [0.05, 0.1) is 40.2 Å². The van der Waals surface area contributed by atoms with Crippen LogP contribution in [0.2, 0.25) is 0 Å². The monoisotopic (exact) mass is 1270 g/mol. The number of halogens is 5. The first-order valence-electron chi connectivity index (χ1n) is 28.3. The largest absolute Gasteiger partial charge is 0.494 e. The quantitative estimate of drug-likeness (QED) is 0.0101. The van der Waals surface area contributed by atoms with E-state index in [0.717, 1.165) is 91.7 Å². The zero-order valence-electron chi connectivity index (χ0n) is 48.3. The molecule has 5 aromatic carbocycles. The number of carboxylic acids is 5. The number of alkyl halides is 3. The van der Waals surface area contributed by atoms with Crippen LogP contribution in [0.5, 0.6) is 5.75 Å². The summed E-state index contributed by atoms with van der Waals surface area (Å²) in [6, 6.07) is 29.0. The highest BCUT2D eigenvalue weighted by atomic mass is 79.9. The van der Waals surface area contributed by atoms with Crippen LogP contribution < -0.4 is 10.1 Å². The molecule has 7 N–H and O–H groups in total. The molecule has 0 saturated heterocycles. The van der Waals surface area contributed by atoms with E-state index in [1.807, 2.05) is 85.8 Å². The number of carbonyl (C=O) groups is 6. The molecule has 3 atom stereocenters. The first-order chi connectivity index (χ1) is 40.8. The van der Waals surface area contributed by atoms with Crippen molar-refractivity contribution in [2.75, 3.05) is 13.2 Å². The fraction of sp³-hybridized carbons (Fsp3) is 0.429. The van der Waals surface area contributed by atoms with Gasteiger partial charge in [0, 0.05) is 28.9 Å². The van der Waals surface area contributed by atoms with E-state index in [4.69, 9.17) is 35.0 Å². The van der Waals surface area contributed by atoms with E-state index in [9.17, 15) is 61.5 Å². The molecule has 0 bridgehead atoms. The van der Waals surface area contributed by atoms with Crippen molar-refractivity contribution in [3.8, 4) is 16.9 Å². The number of carboxylic acid groups (broad SMARTS) is 5. The number of amides is 1. The summed E-state index contributed by atoms with van der Waals surface area (Å²) >= 11 is 2.93. The zero-order valence-corrected chi connectivity index (χ0v) is 49.9. The Morgan fingerprint density at radius 2 is 1.21 bits per heavy atom. The van der Waals surface area contributed by atoms with Gasteiger partial charge in [-0.3, -0.25) is 19.7 Å². The number of aliphatic hydroxyl groups is 1. The topological polar surface area (TPSA) is 297 Å². The van der Waals surface area contributed by atoms with Crippen LogP contribution in [0.1, 0.15) is 173 Å². The van der Waals surface area contributed by atoms with Gasteiger partial charge in [0.15, 0.2) is 6.04 Å². The van der Waals surface area contributed by atoms with Gasteiger partial charge in [-0.15, -0.1) is 0 Å². The Balaban J connectivity index is 0.000000377. The van der Waals surface area contributed by atoms with Crippen molar-refractivity contribution in [2.24, 2.45) is 5.92 Å². The van der Waals surface area contributed by atoms with Crippen molar-refractivity contribution in [2.45, 2.75) is 154 Å². The molecule has 18 nitrogen and oxygen atoms in total. The Hall–Kier alpha value is -7.92. The molecule has 1 amide bonds. The number of nitro groups is 1. The number of aliphatic hydroxyl groups excluding tert-OH is 1. The van der Waals surface area contributed by atoms with Gasteiger partial charge in [0.25, 0.3) is 5.69 Å². The van der Waals surface area contributed by atoms with Gasteiger partial charge < -0.3 is 45.4 Å². The van der Waals surface area contributed by atoms with Crippen molar-refractivity contribution >= 4 is 57.6 Å². The smallest absolute Gasteiger partial charge is 0.416 e. The lowest BCUT2D eigenvalue weighted by atomic mass is 9.98. The zero-order chi connectivity index (χ0) is 64.2. The number of nitrogens with zero attached hydrogens (tertiary/aromatic N) is 1. The minimum Gasteiger partial charge on any atom is -0.494 e. The van der Waals surface area contributed by atoms with E-state index >= 15 is 0 Å². The van der Waals surface area contributed by atoms with Gasteiger partial charge in [-0.2, -0.15) is 13.2 Å². The summed E-state index contributed by atoms with van der Waals surface area (Å²) in [7, 11) is 0. The van der Waals surface area contributed by atoms with Crippen molar-refractivity contribution in [3.05, 3.63) is 163 Å². The molecule has 470 valence electrons. The van der Waals surface area contributed by atoms with E-state index in [1.54, 1.807) is 0 Å². The molecule has 0 fully saturated rings. The number of alkyl carbamates (subject to hydrolysis) is 1. The molecule has 0 heterocycles. The lowest BCUT2D eigenvalue weighted by Gasteiger charge is -2.18. The maximum atomic E-state index is 12.6. The van der Waals surface area contributed by atoms with Gasteiger partial charge >= 0.3 is 42.1 Å². The second-order valence-corrected chi connectivity index (χ2v) is 20.8. The number of hydrogen-bond acceptors (Lipinski definition) is 11. The van der Waals surface area contributed by atoms with Crippen molar-refractivity contribution in [1.82, 2.24) is 5.32 Å². The van der Waals surface area contributed by atoms with Crippen molar-refractivity contribution in [3.63, 3.8) is 0 Å². The number of unbranched alkanes of at least 4 members (excludes halogenated alkanes) is 12. The lowest BCUT2D eigenvalue weighted by molar-refractivity contribution is -0.384. The average molecular weight is 1270 g/mol. The average Bonchev–Trinajstić information content (AvgIpc) is 2.13. The van der Waals surface area contributed by atoms with Crippen molar-refractivity contribution in [1.29, 1.82) is 0 Å². The summed E-state index contributed by atoms with van der Waals surface area (Å²) in [6.07, 6.45) is 11.6. The van der Waals surface area contributed by atoms with Gasteiger partial charge in [-0.1, -0.05) is 158 Å². The number of nitrogens with one attached hydrogen (secondary N) is 1. The van der Waals surface area contributed by atoms with Crippen LogP contribution in [-0.4, -0.2) is 96.9 Å². The molecule has 2 unspecified atom stereocenters. The highest BCUT2D eigenvalue weighted by Gasteiger charge is 2.33. The van der Waals surface area contributed by atoms with E-state index in [-0.39, 0.29) is 40.2 Å². The van der Waals surface area contributed by atoms with Crippen LogP contribution >= 0.6 is 15.9 Å². The standard InChI is InChI=1S/C19H19NO5.C17H26O3.C12H24O2.C8H4F4O2.C7H4BrNO4/c1-11(21)17(18(22)23)20-19(24)25-10-16-14-8-4-2-6-12(14)13-7-3-5-9-15(13)16;18-17(19)14-10-5-3-1-2-4-6-11-15-20-16-12-8-7-9-13-16;1-3-5-6-7-8-9-10-11(4-2)12(13)14;9-6-2-4(7(13)14)1-5(3-6)8(10,11)12;8-6-3-4(9(12)13)1-2-5(6)7(10)11/h2-9,11,16-17,21H,10H2,1H3,(H,20,24)(H,22,23);7-9,12-13H,1-6,10-11,14-15H2,(H,18,19);11H,3-10H2,1-2H3,(H,13,14);1-3H,(H,13,14);1-3H,(H,10,11)/t;;11-;;/m..0../s1. The Morgan fingerprint density at radius 3 is 1.69 bits per heavy atom. The van der Waals surface area contributed by atoms with Crippen LogP contribution in [-0.2, 0) is 25.3 Å². The number of hydrogen-bond donors (Lipinski definition) is 7. The normalized spacial score (nSPS) is 12.2. The first-order valence-corrected chi connectivity index (χ1v) is 29.0. The molecular formula is C63H77BrF4N2O16. The van der Waals surface area contributed by atoms with Crippen LogP contribution in [0.25, 0.3) is 11.1 Å². The van der Waals surface area contributed by atoms with Crippen molar-refractivity contribution < 1.29 is 91.4 Å². The lowest BCUT2D eigenvalue weighted by Crippen LogP contribution is -2.48. The van der Waals surface area contributed by atoms with E-state index < -0.39 is 76.1 Å². The minimum absolute atomic E-state index is 0.00519. The predicted molar refractivity (Wildman–Crippen MR) is 318 cm³/mol. The molecular weight excluding hydrogens is 1200 g/mol. The second kappa shape index (κ2) is 40.4. The molecule has 1 aliphatic rings. The molecule has 0 radical (unpaired) electrons. The summed E-state index contributed by atoms with van der Waals surface area (Å²) < 4.78 is 59.8. The molecule has 0 saturated carbocycles. The Kier molecular flexibility index (Phi) is 34.9. The molecule has 5 aromatic rings. The first kappa shape index (κ1) is 74.2. The summed E-state index contributed by atoms with van der Waals surface area (Å²) in [6.45, 7) is 6.34. The van der Waals surface area contributed by atoms with Gasteiger partial charge in [0.2, 0.25) is 0 Å².